The quantitative estimate of drug-likeness (QED) is 0.0283. The smallest absolute Gasteiger partial charge is 0.457 e. The van der Waals surface area contributed by atoms with Crippen LogP contribution in [0, 0.1) is 5.92 Å². The van der Waals surface area contributed by atoms with Crippen LogP contribution < -0.4 is 14.4 Å². The van der Waals surface area contributed by atoms with Crippen molar-refractivity contribution in [3.63, 3.8) is 0 Å². The third-order valence-electron chi connectivity index (χ3n) is 13.8. The number of hydrogen-bond acceptors (Lipinski definition) is 11. The zero-order valence-corrected chi connectivity index (χ0v) is 45.3. The number of phosphoric acid groups is 1. The topological polar surface area (TPSA) is 170 Å². The van der Waals surface area contributed by atoms with E-state index in [4.69, 9.17) is 23.0 Å². The van der Waals surface area contributed by atoms with Gasteiger partial charge in [0.2, 0.25) is 5.91 Å². The zero-order chi connectivity index (χ0) is 51.2. The molecule has 1 aliphatic heterocycles. The van der Waals surface area contributed by atoms with Gasteiger partial charge in [0.1, 0.15) is 29.7 Å². The van der Waals surface area contributed by atoms with E-state index >= 15 is 0 Å². The number of ether oxygens (including phenoxy) is 2. The second-order valence-electron chi connectivity index (χ2n) is 20.3. The number of amides is 1. The van der Waals surface area contributed by atoms with Crippen molar-refractivity contribution >= 4 is 19.7 Å². The molecule has 0 bridgehead atoms. The Hall–Kier alpha value is -2.99. The van der Waals surface area contributed by atoms with Crippen LogP contribution in [0.2, 0.25) is 0 Å². The molecule has 1 fully saturated rings. The average molecular weight is 1020 g/mol. The minimum absolute atomic E-state index is 0.0391. The molecule has 2 aromatic carbocycles. The van der Waals surface area contributed by atoms with E-state index in [9.17, 15) is 29.5 Å². The lowest BCUT2D eigenvalue weighted by Gasteiger charge is -2.44. The summed E-state index contributed by atoms with van der Waals surface area (Å²) in [4.78, 5) is 28.1. The highest BCUT2D eigenvalue weighted by Crippen LogP contribution is 2.52. The van der Waals surface area contributed by atoms with Gasteiger partial charge in [-0.2, -0.15) is 0 Å². The van der Waals surface area contributed by atoms with Crippen LogP contribution in [0.4, 0.5) is 0 Å². The molecule has 1 aliphatic rings. The van der Waals surface area contributed by atoms with Gasteiger partial charge in [-0.15, -0.1) is 0 Å². The summed E-state index contributed by atoms with van der Waals surface area (Å²) in [6.45, 7) is 5.95. The summed E-state index contributed by atoms with van der Waals surface area (Å²) in [7, 11) is -4.70. The van der Waals surface area contributed by atoms with Gasteiger partial charge in [-0.1, -0.05) is 237 Å². The van der Waals surface area contributed by atoms with Crippen LogP contribution in [0.1, 0.15) is 233 Å². The Kier molecular flexibility index (Phi) is 34.6. The van der Waals surface area contributed by atoms with Crippen LogP contribution in [-0.4, -0.2) is 70.6 Å². The predicted octanol–water partition coefficient (Wildman–Crippen LogP) is 14.7. The van der Waals surface area contributed by atoms with E-state index in [1.54, 1.807) is 60.7 Å². The van der Waals surface area contributed by atoms with Crippen LogP contribution in [0.25, 0.3) is 0 Å². The Labute approximate surface area is 430 Å². The van der Waals surface area contributed by atoms with Crippen LogP contribution in [0.5, 0.6) is 11.5 Å². The molecule has 0 aromatic heterocycles. The van der Waals surface area contributed by atoms with Crippen LogP contribution in [0.15, 0.2) is 60.7 Å². The van der Waals surface area contributed by atoms with Gasteiger partial charge in [0.25, 0.3) is 0 Å². The molecule has 1 heterocycles. The summed E-state index contributed by atoms with van der Waals surface area (Å²) in [5.74, 6) is -0.814. The van der Waals surface area contributed by atoms with Crippen molar-refractivity contribution < 1.29 is 52.5 Å². The molecule has 0 spiro atoms. The van der Waals surface area contributed by atoms with Gasteiger partial charge < -0.3 is 39.2 Å². The number of unbranched alkanes of at least 4 members (excludes halogenated alkanes) is 25. The standard InChI is InChI=1S/C58H98NO11P/c1-4-7-10-13-16-18-19-20-22-24-27-32-39-48(38-31-26-23-15-12-9-6-3)45-54(63)67-57-55(59-53(62)46-49(61)40-33-28-25-21-17-14-11-8-5-2)58(64)66-52(47-60)56(57)70-71(65,68-50-41-34-29-35-42-50)69-51-43-36-30-37-44-51/h29-30,34-37,41-44,48-49,52,55-58,60-61,64H,4-28,31-33,38-40,45-47H2,1-3H3,(H,59,62)/t48?,49-,52-,55-,56-,57-,58?/m1/s1. The van der Waals surface area contributed by atoms with Crippen LogP contribution in [0.3, 0.4) is 0 Å². The molecule has 0 saturated carbocycles. The molecule has 7 atom stereocenters. The summed E-state index contributed by atoms with van der Waals surface area (Å²) in [6.07, 6.45) is 28.0. The molecule has 12 nitrogen and oxygen atoms in total. The second kappa shape index (κ2) is 39.5. The van der Waals surface area contributed by atoms with E-state index in [2.05, 4.69) is 26.1 Å². The third-order valence-corrected chi connectivity index (χ3v) is 15.2. The van der Waals surface area contributed by atoms with Gasteiger partial charge in [-0.05, 0) is 49.4 Å². The van der Waals surface area contributed by atoms with Crippen molar-refractivity contribution in [3.05, 3.63) is 60.7 Å². The molecule has 0 radical (unpaired) electrons. The molecule has 406 valence electrons. The van der Waals surface area contributed by atoms with Gasteiger partial charge in [-0.25, -0.2) is 4.57 Å². The van der Waals surface area contributed by atoms with Crippen molar-refractivity contribution in [2.45, 2.75) is 269 Å². The second-order valence-corrected chi connectivity index (χ2v) is 21.7. The molecular formula is C58H98NO11P. The number of carbonyl (C=O) groups is 2. The highest BCUT2D eigenvalue weighted by molar-refractivity contribution is 7.49. The number of hydrogen-bond donors (Lipinski definition) is 4. The summed E-state index contributed by atoms with van der Waals surface area (Å²) >= 11 is 0. The fourth-order valence-electron chi connectivity index (χ4n) is 9.62. The zero-order valence-electron chi connectivity index (χ0n) is 44.4. The number of benzene rings is 2. The average Bonchev–Trinajstić information content (AvgIpc) is 3.35. The maximum Gasteiger partial charge on any atom is 0.588 e. The minimum atomic E-state index is -4.70. The van der Waals surface area contributed by atoms with E-state index in [1.807, 2.05) is 0 Å². The van der Waals surface area contributed by atoms with Gasteiger partial charge in [-0.3, -0.25) is 14.1 Å². The van der Waals surface area contributed by atoms with Crippen molar-refractivity contribution in [1.82, 2.24) is 5.32 Å². The lowest BCUT2D eigenvalue weighted by Crippen LogP contribution is -2.66. The highest BCUT2D eigenvalue weighted by Gasteiger charge is 2.53. The van der Waals surface area contributed by atoms with E-state index in [-0.39, 0.29) is 30.3 Å². The SMILES string of the molecule is CCCCCCCCCCCCCCC(CCCCCCCCC)CC(=O)O[C@H]1[C@H](OP(=O)(Oc2ccccc2)Oc2ccccc2)[C@@H](CO)OC(O)[C@@H]1NC(=O)C[C@H](O)CCCCCCCCCCC. The Morgan fingerprint density at radius 3 is 1.38 bits per heavy atom. The number of nitrogens with one attached hydrogen (secondary N) is 1. The molecule has 13 heteroatoms. The van der Waals surface area contributed by atoms with Gasteiger partial charge in [0.05, 0.1) is 19.1 Å². The van der Waals surface area contributed by atoms with E-state index in [0.717, 1.165) is 77.0 Å². The Morgan fingerprint density at radius 1 is 0.577 bits per heavy atom. The van der Waals surface area contributed by atoms with Crippen LogP contribution in [-0.2, 0) is 28.2 Å². The molecule has 1 saturated heterocycles. The first-order chi connectivity index (χ1) is 34.6. The normalized spacial score (nSPS) is 19.0. The molecule has 1 amide bonds. The summed E-state index contributed by atoms with van der Waals surface area (Å²) < 4.78 is 45.2. The highest BCUT2D eigenvalue weighted by atomic mass is 31.2. The monoisotopic (exact) mass is 1020 g/mol. The fourth-order valence-corrected chi connectivity index (χ4v) is 11.1. The van der Waals surface area contributed by atoms with Gasteiger partial charge >= 0.3 is 13.8 Å². The minimum Gasteiger partial charge on any atom is -0.457 e. The van der Waals surface area contributed by atoms with Crippen LogP contribution >= 0.6 is 7.82 Å². The summed E-state index contributed by atoms with van der Waals surface area (Å²) in [5.41, 5.74) is 0. The molecule has 2 aromatic rings. The Morgan fingerprint density at radius 2 is 0.972 bits per heavy atom. The lowest BCUT2D eigenvalue weighted by molar-refractivity contribution is -0.255. The number of carbonyl (C=O) groups excluding carboxylic acids is 2. The number of esters is 1. The van der Waals surface area contributed by atoms with Gasteiger partial charge in [0, 0.05) is 6.42 Å². The van der Waals surface area contributed by atoms with E-state index in [0.29, 0.717) is 6.42 Å². The maximum absolute atomic E-state index is 14.9. The molecule has 4 N–H and O–H groups in total. The first-order valence-electron chi connectivity index (χ1n) is 28.5. The molecule has 0 aliphatic carbocycles. The van der Waals surface area contributed by atoms with Crippen molar-refractivity contribution in [2.75, 3.05) is 6.61 Å². The third kappa shape index (κ3) is 28.3. The van der Waals surface area contributed by atoms with E-state index < -0.39 is 63.1 Å². The fraction of sp³-hybridized carbons (Fsp3) is 0.759. The number of aliphatic hydroxyl groups excluding tert-OH is 3. The maximum atomic E-state index is 14.9. The predicted molar refractivity (Wildman–Crippen MR) is 285 cm³/mol. The molecular weight excluding hydrogens is 918 g/mol. The lowest BCUT2D eigenvalue weighted by atomic mass is 9.91. The number of rotatable bonds is 44. The number of phosphoric ester groups is 1. The molecule has 2 unspecified atom stereocenters. The summed E-state index contributed by atoms with van der Waals surface area (Å²) in [6, 6.07) is 15.2. The Balaban J connectivity index is 1.80. The largest absolute Gasteiger partial charge is 0.588 e. The number of aliphatic hydroxyl groups is 3. The first-order valence-corrected chi connectivity index (χ1v) is 30.0. The first kappa shape index (κ1) is 62.3. The van der Waals surface area contributed by atoms with Gasteiger partial charge in [0.15, 0.2) is 12.4 Å². The molecule has 71 heavy (non-hydrogen) atoms. The Bertz CT molecular complexity index is 1610. The van der Waals surface area contributed by atoms with Crippen molar-refractivity contribution in [3.8, 4) is 11.5 Å². The van der Waals surface area contributed by atoms with E-state index in [1.165, 1.54) is 116 Å². The number of para-hydroxylation sites is 2. The van der Waals surface area contributed by atoms with Crippen molar-refractivity contribution in [2.24, 2.45) is 5.92 Å². The molecule has 3 rings (SSSR count). The van der Waals surface area contributed by atoms with Crippen molar-refractivity contribution in [1.29, 1.82) is 0 Å². The summed E-state index contributed by atoms with van der Waals surface area (Å²) in [5, 5.41) is 35.9.